The molecule has 1 heteroatoms. The van der Waals surface area contributed by atoms with Gasteiger partial charge in [0.05, 0.1) is 0 Å². The molecule has 2 saturated carbocycles. The van der Waals surface area contributed by atoms with E-state index < -0.39 is 0 Å². The van der Waals surface area contributed by atoms with Crippen molar-refractivity contribution < 1.29 is 0 Å². The number of nitrogens with one attached hydrogen (secondary N) is 1. The molecule has 0 bridgehead atoms. The summed E-state index contributed by atoms with van der Waals surface area (Å²) in [4.78, 5) is 0. The van der Waals surface area contributed by atoms with E-state index in [-0.39, 0.29) is 0 Å². The van der Waals surface area contributed by atoms with Crippen LogP contribution in [0.3, 0.4) is 0 Å². The first-order valence-corrected chi connectivity index (χ1v) is 8.58. The summed E-state index contributed by atoms with van der Waals surface area (Å²) in [6.07, 6.45) is 14.6. The molecule has 0 aromatic rings. The minimum absolute atomic E-state index is 0.834. The monoisotopic (exact) mass is 251 g/mol. The molecule has 0 aliphatic heterocycles. The largest absolute Gasteiger partial charge is 0.314 e. The van der Waals surface area contributed by atoms with Crippen molar-refractivity contribution in [3.05, 3.63) is 0 Å². The van der Waals surface area contributed by atoms with Gasteiger partial charge in [-0.2, -0.15) is 0 Å². The molecule has 2 fully saturated rings. The fraction of sp³-hybridized carbons (Fsp3) is 1.00. The summed E-state index contributed by atoms with van der Waals surface area (Å²) >= 11 is 0. The molecule has 0 aromatic heterocycles. The van der Waals surface area contributed by atoms with E-state index in [1.165, 1.54) is 70.8 Å². The molecule has 2 rings (SSSR count). The van der Waals surface area contributed by atoms with E-state index in [0.29, 0.717) is 0 Å². The van der Waals surface area contributed by atoms with Gasteiger partial charge in [0.25, 0.3) is 0 Å². The van der Waals surface area contributed by atoms with Crippen LogP contribution >= 0.6 is 0 Å². The highest BCUT2D eigenvalue weighted by atomic mass is 14.9. The maximum atomic E-state index is 3.90. The van der Waals surface area contributed by atoms with Crippen molar-refractivity contribution in [1.82, 2.24) is 5.32 Å². The summed E-state index contributed by atoms with van der Waals surface area (Å²) in [5.74, 6) is 3.04. The fourth-order valence-corrected chi connectivity index (χ4v) is 4.10. The van der Waals surface area contributed by atoms with Gasteiger partial charge in [-0.25, -0.2) is 0 Å². The molecule has 0 saturated heterocycles. The topological polar surface area (TPSA) is 12.0 Å². The van der Waals surface area contributed by atoms with Crippen LogP contribution in [0.5, 0.6) is 0 Å². The second-order valence-corrected chi connectivity index (χ2v) is 6.71. The summed E-state index contributed by atoms with van der Waals surface area (Å²) in [6.45, 7) is 5.93. The van der Waals surface area contributed by atoms with E-state index in [0.717, 1.165) is 23.8 Å². The van der Waals surface area contributed by atoms with E-state index in [4.69, 9.17) is 0 Å². The fourth-order valence-electron chi connectivity index (χ4n) is 4.10. The van der Waals surface area contributed by atoms with Gasteiger partial charge in [-0.05, 0) is 43.6 Å². The first-order chi connectivity index (χ1) is 8.85. The summed E-state index contributed by atoms with van der Waals surface area (Å²) in [6, 6.07) is 0.834. The Kier molecular flexibility index (Phi) is 6.01. The van der Waals surface area contributed by atoms with E-state index in [9.17, 15) is 0 Å². The van der Waals surface area contributed by atoms with E-state index >= 15 is 0 Å². The van der Waals surface area contributed by atoms with Crippen LogP contribution in [0, 0.1) is 17.8 Å². The van der Waals surface area contributed by atoms with Gasteiger partial charge in [0.15, 0.2) is 0 Å². The van der Waals surface area contributed by atoms with Gasteiger partial charge in [0.2, 0.25) is 0 Å². The molecular formula is C17H33N. The lowest BCUT2D eigenvalue weighted by atomic mass is 9.70. The van der Waals surface area contributed by atoms with Gasteiger partial charge >= 0.3 is 0 Å². The minimum atomic E-state index is 0.834. The van der Waals surface area contributed by atoms with Gasteiger partial charge in [-0.3, -0.25) is 0 Å². The Labute approximate surface area is 114 Å². The molecule has 1 nitrogen and oxygen atoms in total. The highest BCUT2D eigenvalue weighted by molar-refractivity contribution is 4.87. The van der Waals surface area contributed by atoms with Crippen LogP contribution in [0.15, 0.2) is 0 Å². The molecule has 2 aliphatic rings. The lowest BCUT2D eigenvalue weighted by molar-refractivity contribution is 0.139. The van der Waals surface area contributed by atoms with Crippen LogP contribution in [0.1, 0.15) is 78.1 Å². The average Bonchev–Trinajstić information content (AvgIpc) is 2.37. The predicted octanol–water partition coefficient (Wildman–Crippen LogP) is 4.76. The Balaban J connectivity index is 1.90. The zero-order valence-electron chi connectivity index (χ0n) is 12.6. The first-order valence-electron chi connectivity index (χ1n) is 8.58. The van der Waals surface area contributed by atoms with E-state index in [2.05, 4.69) is 19.2 Å². The van der Waals surface area contributed by atoms with Crippen molar-refractivity contribution in [2.24, 2.45) is 17.8 Å². The molecule has 0 aromatic carbocycles. The summed E-state index contributed by atoms with van der Waals surface area (Å²) in [7, 11) is 0. The van der Waals surface area contributed by atoms with Gasteiger partial charge in [-0.1, -0.05) is 58.8 Å². The predicted molar refractivity (Wildman–Crippen MR) is 79.8 cm³/mol. The third-order valence-electron chi connectivity index (χ3n) is 5.48. The van der Waals surface area contributed by atoms with Crippen LogP contribution in [-0.4, -0.2) is 12.6 Å². The Hall–Kier alpha value is -0.0400. The van der Waals surface area contributed by atoms with Crippen molar-refractivity contribution in [3.8, 4) is 0 Å². The molecule has 18 heavy (non-hydrogen) atoms. The molecule has 1 N–H and O–H groups in total. The quantitative estimate of drug-likeness (QED) is 0.688. The smallest absolute Gasteiger partial charge is 0.0101 e. The molecule has 3 atom stereocenters. The molecule has 0 radical (unpaired) electrons. The lowest BCUT2D eigenvalue weighted by Crippen LogP contribution is -2.43. The van der Waals surface area contributed by atoms with Crippen LogP contribution in [0.25, 0.3) is 0 Å². The molecular weight excluding hydrogens is 218 g/mol. The van der Waals surface area contributed by atoms with Gasteiger partial charge in [0.1, 0.15) is 0 Å². The standard InChI is InChI=1S/C17H33N/c1-3-12-18-17(13-14-8-7-9-14)16-11-6-5-10-15(16)4-2/h14-18H,3-13H2,1-2H3. The van der Waals surface area contributed by atoms with Gasteiger partial charge < -0.3 is 5.32 Å². The van der Waals surface area contributed by atoms with Gasteiger partial charge in [-0.15, -0.1) is 0 Å². The van der Waals surface area contributed by atoms with Crippen LogP contribution in [-0.2, 0) is 0 Å². The Morgan fingerprint density at radius 1 is 1.00 bits per heavy atom. The molecule has 106 valence electrons. The van der Waals surface area contributed by atoms with E-state index in [1.54, 1.807) is 0 Å². The summed E-state index contributed by atoms with van der Waals surface area (Å²) in [5, 5.41) is 3.90. The highest BCUT2D eigenvalue weighted by Gasteiger charge is 2.32. The Bertz CT molecular complexity index is 222. The normalized spacial score (nSPS) is 31.0. The molecule has 2 aliphatic carbocycles. The zero-order chi connectivity index (χ0) is 12.8. The third-order valence-corrected chi connectivity index (χ3v) is 5.48. The molecule has 0 spiro atoms. The van der Waals surface area contributed by atoms with Crippen molar-refractivity contribution in [2.45, 2.75) is 84.1 Å². The summed E-state index contributed by atoms with van der Waals surface area (Å²) < 4.78 is 0. The Morgan fingerprint density at radius 2 is 1.78 bits per heavy atom. The maximum absolute atomic E-state index is 3.90. The first kappa shape index (κ1) is 14.4. The zero-order valence-corrected chi connectivity index (χ0v) is 12.6. The second-order valence-electron chi connectivity index (χ2n) is 6.71. The lowest BCUT2D eigenvalue weighted by Gasteiger charge is -2.40. The third kappa shape index (κ3) is 3.73. The number of hydrogen-bond donors (Lipinski definition) is 1. The van der Waals surface area contributed by atoms with Crippen molar-refractivity contribution in [3.63, 3.8) is 0 Å². The summed E-state index contributed by atoms with van der Waals surface area (Å²) in [5.41, 5.74) is 0. The number of hydrogen-bond acceptors (Lipinski definition) is 1. The highest BCUT2D eigenvalue weighted by Crippen LogP contribution is 2.39. The molecule has 3 unspecified atom stereocenters. The van der Waals surface area contributed by atoms with Crippen molar-refractivity contribution in [1.29, 1.82) is 0 Å². The minimum Gasteiger partial charge on any atom is -0.314 e. The Morgan fingerprint density at radius 3 is 2.39 bits per heavy atom. The SMILES string of the molecule is CCCNC(CC1CCC1)C1CCCCC1CC. The van der Waals surface area contributed by atoms with Crippen LogP contribution < -0.4 is 5.32 Å². The second kappa shape index (κ2) is 7.53. The van der Waals surface area contributed by atoms with Crippen LogP contribution in [0.4, 0.5) is 0 Å². The van der Waals surface area contributed by atoms with Crippen molar-refractivity contribution in [2.75, 3.05) is 6.54 Å². The van der Waals surface area contributed by atoms with Crippen molar-refractivity contribution >= 4 is 0 Å². The van der Waals surface area contributed by atoms with Crippen LogP contribution in [0.2, 0.25) is 0 Å². The van der Waals surface area contributed by atoms with E-state index in [1.807, 2.05) is 0 Å². The number of rotatable bonds is 7. The van der Waals surface area contributed by atoms with Gasteiger partial charge in [0, 0.05) is 6.04 Å². The maximum Gasteiger partial charge on any atom is 0.0101 e. The molecule has 0 heterocycles. The average molecular weight is 251 g/mol. The molecule has 0 amide bonds.